The van der Waals surface area contributed by atoms with Crippen LogP contribution in [-0.2, 0) is 0 Å². The van der Waals surface area contributed by atoms with Gasteiger partial charge in [-0.05, 0) is 68.1 Å². The number of aliphatic hydroxyl groups excluding tert-OH is 1. The molecule has 0 unspecified atom stereocenters. The van der Waals surface area contributed by atoms with Crippen molar-refractivity contribution in [1.82, 2.24) is 4.90 Å². The first-order chi connectivity index (χ1) is 15.2. The van der Waals surface area contributed by atoms with Crippen LogP contribution in [0.1, 0.15) is 43.6 Å². The van der Waals surface area contributed by atoms with Gasteiger partial charge in [-0.25, -0.2) is 4.39 Å². The molecule has 0 aliphatic carbocycles. The Bertz CT molecular complexity index is 829. The number of likely N-dealkylation sites (tertiary alicyclic amines) is 1. The fourth-order valence-electron chi connectivity index (χ4n) is 4.60. The zero-order valence-corrected chi connectivity index (χ0v) is 18.0. The summed E-state index contributed by atoms with van der Waals surface area (Å²) in [5.41, 5.74) is 1.18. The van der Waals surface area contributed by atoms with Crippen molar-refractivity contribution < 1.29 is 23.7 Å². The van der Waals surface area contributed by atoms with Gasteiger partial charge in [-0.1, -0.05) is 25.0 Å². The number of ether oxygens (including phenoxy) is 3. The SMILES string of the molecule is OCCCCCCN1CC[C@H](c2ccc(F)cc2)[C@@H](COc2ccc3c(c2)OCO3)C1. The summed E-state index contributed by atoms with van der Waals surface area (Å²) in [5, 5.41) is 8.95. The van der Waals surface area contributed by atoms with E-state index in [-0.39, 0.29) is 19.2 Å². The molecule has 5 nitrogen and oxygen atoms in total. The lowest BCUT2D eigenvalue weighted by Crippen LogP contribution is -2.42. The van der Waals surface area contributed by atoms with Gasteiger partial charge in [-0.2, -0.15) is 0 Å². The minimum Gasteiger partial charge on any atom is -0.493 e. The second-order valence-corrected chi connectivity index (χ2v) is 8.47. The topological polar surface area (TPSA) is 51.2 Å². The van der Waals surface area contributed by atoms with Gasteiger partial charge in [0.15, 0.2) is 11.5 Å². The zero-order valence-electron chi connectivity index (χ0n) is 18.0. The molecule has 4 rings (SSSR count). The number of hydrogen-bond acceptors (Lipinski definition) is 5. The Kier molecular flexibility index (Phi) is 7.65. The van der Waals surface area contributed by atoms with E-state index in [1.54, 1.807) is 12.1 Å². The van der Waals surface area contributed by atoms with Crippen LogP contribution in [0.4, 0.5) is 4.39 Å². The summed E-state index contributed by atoms with van der Waals surface area (Å²) in [7, 11) is 0. The molecule has 1 fully saturated rings. The van der Waals surface area contributed by atoms with E-state index in [0.29, 0.717) is 18.4 Å². The number of halogens is 1. The molecule has 0 amide bonds. The van der Waals surface area contributed by atoms with Gasteiger partial charge >= 0.3 is 0 Å². The van der Waals surface area contributed by atoms with Crippen LogP contribution in [0.3, 0.4) is 0 Å². The highest BCUT2D eigenvalue weighted by Crippen LogP contribution is 2.37. The molecule has 2 aromatic carbocycles. The number of rotatable bonds is 10. The first kappa shape index (κ1) is 21.9. The van der Waals surface area contributed by atoms with Gasteiger partial charge in [0.1, 0.15) is 11.6 Å². The van der Waals surface area contributed by atoms with Gasteiger partial charge in [0.25, 0.3) is 0 Å². The van der Waals surface area contributed by atoms with Gasteiger partial charge < -0.3 is 24.2 Å². The van der Waals surface area contributed by atoms with Crippen molar-refractivity contribution >= 4 is 0 Å². The largest absolute Gasteiger partial charge is 0.493 e. The molecule has 168 valence electrons. The van der Waals surface area contributed by atoms with Crippen LogP contribution in [0, 0.1) is 11.7 Å². The Morgan fingerprint density at radius 3 is 2.65 bits per heavy atom. The summed E-state index contributed by atoms with van der Waals surface area (Å²) in [6.07, 6.45) is 5.31. The predicted molar refractivity (Wildman–Crippen MR) is 117 cm³/mol. The van der Waals surface area contributed by atoms with Gasteiger partial charge in [-0.15, -0.1) is 0 Å². The molecule has 0 aromatic heterocycles. The Morgan fingerprint density at radius 1 is 1.00 bits per heavy atom. The number of piperidine rings is 1. The minimum atomic E-state index is -0.197. The molecule has 0 bridgehead atoms. The third-order valence-electron chi connectivity index (χ3n) is 6.31. The third-order valence-corrected chi connectivity index (χ3v) is 6.31. The highest BCUT2D eigenvalue weighted by Gasteiger charge is 2.31. The number of nitrogens with zero attached hydrogens (tertiary/aromatic N) is 1. The van der Waals surface area contributed by atoms with Crippen LogP contribution < -0.4 is 14.2 Å². The van der Waals surface area contributed by atoms with E-state index in [1.807, 2.05) is 30.3 Å². The van der Waals surface area contributed by atoms with E-state index < -0.39 is 0 Å². The monoisotopic (exact) mass is 429 g/mol. The highest BCUT2D eigenvalue weighted by molar-refractivity contribution is 5.46. The van der Waals surface area contributed by atoms with Crippen molar-refractivity contribution in [3.05, 3.63) is 53.8 Å². The normalized spacial score (nSPS) is 20.7. The summed E-state index contributed by atoms with van der Waals surface area (Å²) in [6.45, 7) is 4.21. The fraction of sp³-hybridized carbons (Fsp3) is 0.520. The number of benzene rings is 2. The second kappa shape index (κ2) is 10.8. The van der Waals surface area contributed by atoms with Crippen molar-refractivity contribution in [3.63, 3.8) is 0 Å². The van der Waals surface area contributed by atoms with Crippen molar-refractivity contribution in [2.45, 2.75) is 38.0 Å². The van der Waals surface area contributed by atoms with Crippen molar-refractivity contribution in [1.29, 1.82) is 0 Å². The van der Waals surface area contributed by atoms with Crippen molar-refractivity contribution in [2.24, 2.45) is 5.92 Å². The van der Waals surface area contributed by atoms with Crippen LogP contribution in [0.25, 0.3) is 0 Å². The average Bonchev–Trinajstić information content (AvgIpc) is 3.26. The lowest BCUT2D eigenvalue weighted by molar-refractivity contribution is 0.109. The Morgan fingerprint density at radius 2 is 1.81 bits per heavy atom. The highest BCUT2D eigenvalue weighted by atomic mass is 19.1. The van der Waals surface area contributed by atoms with Gasteiger partial charge in [0.05, 0.1) is 6.61 Å². The van der Waals surface area contributed by atoms with Crippen LogP contribution in [-0.4, -0.2) is 49.6 Å². The first-order valence-corrected chi connectivity index (χ1v) is 11.3. The zero-order chi connectivity index (χ0) is 21.5. The molecule has 2 aromatic rings. The van der Waals surface area contributed by atoms with Gasteiger partial charge in [0.2, 0.25) is 6.79 Å². The smallest absolute Gasteiger partial charge is 0.231 e. The van der Waals surface area contributed by atoms with Gasteiger partial charge in [-0.3, -0.25) is 0 Å². The molecular formula is C25H32FNO4. The van der Waals surface area contributed by atoms with Crippen LogP contribution in [0.2, 0.25) is 0 Å². The van der Waals surface area contributed by atoms with E-state index in [9.17, 15) is 4.39 Å². The average molecular weight is 430 g/mol. The minimum absolute atomic E-state index is 0.197. The van der Waals surface area contributed by atoms with Crippen LogP contribution >= 0.6 is 0 Å². The maximum atomic E-state index is 13.4. The Labute approximate surface area is 183 Å². The molecule has 2 atom stereocenters. The van der Waals surface area contributed by atoms with Crippen molar-refractivity contribution in [3.8, 4) is 17.2 Å². The molecule has 1 saturated heterocycles. The number of hydrogen-bond donors (Lipinski definition) is 1. The fourth-order valence-corrected chi connectivity index (χ4v) is 4.60. The predicted octanol–water partition coefficient (Wildman–Crippen LogP) is 4.59. The lowest BCUT2D eigenvalue weighted by Gasteiger charge is -2.39. The maximum Gasteiger partial charge on any atom is 0.231 e. The summed E-state index contributed by atoms with van der Waals surface area (Å²) < 4.78 is 30.5. The van der Waals surface area contributed by atoms with Crippen LogP contribution in [0.15, 0.2) is 42.5 Å². The number of aliphatic hydroxyl groups is 1. The second-order valence-electron chi connectivity index (χ2n) is 8.47. The lowest BCUT2D eigenvalue weighted by atomic mass is 9.80. The Hall–Kier alpha value is -2.31. The summed E-state index contributed by atoms with van der Waals surface area (Å²) in [6, 6.07) is 12.6. The third kappa shape index (κ3) is 5.89. The number of unbranched alkanes of at least 4 members (excludes halogenated alkanes) is 3. The quantitative estimate of drug-likeness (QED) is 0.560. The van der Waals surface area contributed by atoms with E-state index in [0.717, 1.165) is 69.0 Å². The molecule has 0 radical (unpaired) electrons. The molecule has 0 spiro atoms. The molecule has 2 aliphatic rings. The van der Waals surface area contributed by atoms with Gasteiger partial charge in [0, 0.05) is 25.1 Å². The molecular weight excluding hydrogens is 397 g/mol. The Balaban J connectivity index is 1.39. The molecule has 2 aliphatic heterocycles. The number of fused-ring (bicyclic) bond motifs is 1. The van der Waals surface area contributed by atoms with Crippen LogP contribution in [0.5, 0.6) is 17.2 Å². The van der Waals surface area contributed by atoms with Crippen molar-refractivity contribution in [2.75, 3.05) is 39.6 Å². The van der Waals surface area contributed by atoms with E-state index >= 15 is 0 Å². The maximum absolute atomic E-state index is 13.4. The molecule has 0 saturated carbocycles. The molecule has 1 N–H and O–H groups in total. The summed E-state index contributed by atoms with van der Waals surface area (Å²) in [5.74, 6) is 2.73. The van der Waals surface area contributed by atoms with E-state index in [2.05, 4.69) is 4.90 Å². The van der Waals surface area contributed by atoms with E-state index in [1.165, 1.54) is 5.56 Å². The van der Waals surface area contributed by atoms with E-state index in [4.69, 9.17) is 19.3 Å². The molecule has 6 heteroatoms. The molecule has 31 heavy (non-hydrogen) atoms. The standard InChI is InChI=1S/C25H32FNO4/c26-21-7-5-19(6-8-21)23-11-13-27(12-3-1-2-4-14-28)16-20(23)17-29-22-9-10-24-25(15-22)31-18-30-24/h5-10,15,20,23,28H,1-4,11-14,16-18H2/t20-,23-/m1/s1. The first-order valence-electron chi connectivity index (χ1n) is 11.3. The molecule has 2 heterocycles. The summed E-state index contributed by atoms with van der Waals surface area (Å²) >= 11 is 0. The summed E-state index contributed by atoms with van der Waals surface area (Å²) in [4.78, 5) is 2.52.